The molecule has 0 aromatic heterocycles. The zero-order valence-corrected chi connectivity index (χ0v) is 10.3. The first-order valence-corrected chi connectivity index (χ1v) is 5.83. The number of rotatable bonds is 2. The van der Waals surface area contributed by atoms with E-state index in [9.17, 15) is 4.79 Å². The Balaban J connectivity index is 2.36. The predicted molar refractivity (Wildman–Crippen MR) is 70.6 cm³/mol. The maximum Gasteiger partial charge on any atom is 0.488 e. The smallest absolute Gasteiger partial charge is 0.423 e. The highest BCUT2D eigenvalue weighted by Gasteiger charge is 2.31. The van der Waals surface area contributed by atoms with E-state index in [2.05, 4.69) is 5.92 Å². The van der Waals surface area contributed by atoms with Gasteiger partial charge in [-0.3, -0.25) is 4.79 Å². The molecule has 1 atom stereocenters. The molecule has 1 amide bonds. The Morgan fingerprint density at radius 3 is 2.78 bits per heavy atom. The van der Waals surface area contributed by atoms with Gasteiger partial charge in [-0.05, 0) is 17.6 Å². The number of amides is 1. The van der Waals surface area contributed by atoms with Gasteiger partial charge in [0.2, 0.25) is 5.91 Å². The molecule has 1 aromatic carbocycles. The molecule has 1 aliphatic rings. The van der Waals surface area contributed by atoms with Gasteiger partial charge >= 0.3 is 7.12 Å². The Bertz CT molecular complexity index is 527. The van der Waals surface area contributed by atoms with E-state index in [-0.39, 0.29) is 17.3 Å². The van der Waals surface area contributed by atoms with Crippen LogP contribution in [0.25, 0.3) is 0 Å². The summed E-state index contributed by atoms with van der Waals surface area (Å²) < 4.78 is 0. The second-order valence-electron chi connectivity index (χ2n) is 4.16. The van der Waals surface area contributed by atoms with Crippen LogP contribution in [0, 0.1) is 18.3 Å². The van der Waals surface area contributed by atoms with Gasteiger partial charge in [0.1, 0.15) is 0 Å². The van der Waals surface area contributed by atoms with E-state index >= 15 is 0 Å². The zero-order chi connectivity index (χ0) is 13.3. The lowest BCUT2D eigenvalue weighted by molar-refractivity contribution is -0.117. The third-order valence-electron chi connectivity index (χ3n) is 2.92. The van der Waals surface area contributed by atoms with E-state index in [1.54, 1.807) is 0 Å². The molecule has 1 aromatic rings. The molecule has 2 rings (SSSR count). The van der Waals surface area contributed by atoms with Crippen molar-refractivity contribution in [1.29, 1.82) is 0 Å². The molecule has 18 heavy (non-hydrogen) atoms. The van der Waals surface area contributed by atoms with Crippen molar-refractivity contribution in [2.45, 2.75) is 6.42 Å². The predicted octanol–water partition coefficient (Wildman–Crippen LogP) is 0.00590. The third-order valence-corrected chi connectivity index (χ3v) is 3.24. The summed E-state index contributed by atoms with van der Waals surface area (Å²) in [7, 11) is -1.60. The third kappa shape index (κ3) is 2.36. The van der Waals surface area contributed by atoms with Crippen molar-refractivity contribution in [3.05, 3.63) is 23.2 Å². The van der Waals surface area contributed by atoms with E-state index in [1.165, 1.54) is 23.1 Å². The monoisotopic (exact) mass is 263 g/mol. The molecule has 1 saturated heterocycles. The lowest BCUT2D eigenvalue weighted by Gasteiger charge is -2.18. The summed E-state index contributed by atoms with van der Waals surface area (Å²) in [6.45, 7) is 0.403. The Morgan fingerprint density at radius 2 is 2.22 bits per heavy atom. The Kier molecular flexibility index (Phi) is 3.62. The lowest BCUT2D eigenvalue weighted by Crippen LogP contribution is -2.32. The van der Waals surface area contributed by atoms with Crippen LogP contribution in [0.15, 0.2) is 18.2 Å². The molecule has 0 bridgehead atoms. The standard InChI is InChI=1S/C12H11BClNO3/c1-2-8-5-12(16)15(7-8)11-6-9(13(17)18)3-4-10(11)14/h1,3-4,6,8,17-18H,5,7H2. The van der Waals surface area contributed by atoms with Gasteiger partial charge in [0.15, 0.2) is 0 Å². The summed E-state index contributed by atoms with van der Waals surface area (Å²) in [5, 5.41) is 18.6. The quantitative estimate of drug-likeness (QED) is 0.583. The number of carbonyl (C=O) groups is 1. The highest BCUT2D eigenvalue weighted by molar-refractivity contribution is 6.59. The molecule has 6 heteroatoms. The van der Waals surface area contributed by atoms with Gasteiger partial charge in [-0.25, -0.2) is 0 Å². The molecule has 1 unspecified atom stereocenters. The van der Waals surface area contributed by atoms with Gasteiger partial charge in [-0.1, -0.05) is 17.7 Å². The van der Waals surface area contributed by atoms with Crippen molar-refractivity contribution in [1.82, 2.24) is 0 Å². The van der Waals surface area contributed by atoms with Crippen molar-refractivity contribution < 1.29 is 14.8 Å². The molecule has 2 N–H and O–H groups in total. The van der Waals surface area contributed by atoms with Crippen molar-refractivity contribution in [3.63, 3.8) is 0 Å². The Labute approximate surface area is 110 Å². The molecule has 4 nitrogen and oxygen atoms in total. The maximum absolute atomic E-state index is 11.8. The molecule has 0 radical (unpaired) electrons. The minimum absolute atomic E-state index is 0.107. The molecule has 0 aliphatic carbocycles. The van der Waals surface area contributed by atoms with E-state index in [0.717, 1.165) is 0 Å². The Hall–Kier alpha value is -1.48. The Morgan fingerprint density at radius 1 is 1.50 bits per heavy atom. The summed E-state index contributed by atoms with van der Waals surface area (Å²) in [4.78, 5) is 13.3. The normalized spacial score (nSPS) is 18.9. The van der Waals surface area contributed by atoms with Crippen molar-refractivity contribution in [2.75, 3.05) is 11.4 Å². The molecular weight excluding hydrogens is 252 g/mol. The van der Waals surface area contributed by atoms with E-state index in [1.807, 2.05) is 0 Å². The number of terminal acetylenes is 1. The van der Waals surface area contributed by atoms with Crippen LogP contribution in [0.2, 0.25) is 5.02 Å². The number of halogens is 1. The largest absolute Gasteiger partial charge is 0.488 e. The second kappa shape index (κ2) is 5.03. The molecule has 1 heterocycles. The van der Waals surface area contributed by atoms with Crippen LogP contribution in [0.3, 0.4) is 0 Å². The lowest BCUT2D eigenvalue weighted by atomic mass is 9.80. The van der Waals surface area contributed by atoms with Crippen LogP contribution < -0.4 is 10.4 Å². The average molecular weight is 263 g/mol. The fourth-order valence-electron chi connectivity index (χ4n) is 1.95. The number of hydrogen-bond acceptors (Lipinski definition) is 3. The molecule has 1 fully saturated rings. The van der Waals surface area contributed by atoms with Crippen molar-refractivity contribution in [2.24, 2.45) is 5.92 Å². The van der Waals surface area contributed by atoms with Crippen molar-refractivity contribution in [3.8, 4) is 12.3 Å². The molecule has 92 valence electrons. The highest BCUT2D eigenvalue weighted by atomic mass is 35.5. The van der Waals surface area contributed by atoms with Gasteiger partial charge < -0.3 is 14.9 Å². The second-order valence-corrected chi connectivity index (χ2v) is 4.56. The minimum Gasteiger partial charge on any atom is -0.423 e. The molecular formula is C12H11BClNO3. The van der Waals surface area contributed by atoms with Crippen LogP contribution in [-0.4, -0.2) is 29.6 Å². The highest BCUT2D eigenvalue weighted by Crippen LogP contribution is 2.30. The maximum atomic E-state index is 11.8. The minimum atomic E-state index is -1.60. The number of nitrogens with zero attached hydrogens (tertiary/aromatic N) is 1. The first-order chi connectivity index (χ1) is 8.52. The van der Waals surface area contributed by atoms with Gasteiger partial charge in [-0.15, -0.1) is 12.3 Å². The average Bonchev–Trinajstić information content (AvgIpc) is 2.71. The van der Waals surface area contributed by atoms with Crippen LogP contribution in [0.1, 0.15) is 6.42 Å². The molecule has 0 spiro atoms. The number of anilines is 1. The fourth-order valence-corrected chi connectivity index (χ4v) is 2.17. The van der Waals surface area contributed by atoms with Crippen molar-refractivity contribution >= 4 is 35.8 Å². The topological polar surface area (TPSA) is 60.8 Å². The van der Waals surface area contributed by atoms with Gasteiger partial charge in [-0.2, -0.15) is 0 Å². The first-order valence-electron chi connectivity index (χ1n) is 5.45. The number of hydrogen-bond donors (Lipinski definition) is 2. The van der Waals surface area contributed by atoms with Crippen LogP contribution in [-0.2, 0) is 4.79 Å². The van der Waals surface area contributed by atoms with E-state index in [4.69, 9.17) is 28.1 Å². The summed E-state index contributed by atoms with van der Waals surface area (Å²) in [5.74, 6) is 2.31. The number of carbonyl (C=O) groups excluding carboxylic acids is 1. The zero-order valence-electron chi connectivity index (χ0n) is 9.51. The fraction of sp³-hybridized carbons (Fsp3) is 0.250. The van der Waals surface area contributed by atoms with Gasteiger partial charge in [0.25, 0.3) is 0 Å². The number of benzene rings is 1. The summed E-state index contributed by atoms with van der Waals surface area (Å²) in [6.07, 6.45) is 5.60. The van der Waals surface area contributed by atoms with Crippen LogP contribution in [0.4, 0.5) is 5.69 Å². The van der Waals surface area contributed by atoms with Crippen LogP contribution in [0.5, 0.6) is 0 Å². The summed E-state index contributed by atoms with van der Waals surface area (Å²) in [6, 6.07) is 4.52. The van der Waals surface area contributed by atoms with E-state index in [0.29, 0.717) is 23.7 Å². The molecule has 0 saturated carbocycles. The van der Waals surface area contributed by atoms with Gasteiger partial charge in [0, 0.05) is 18.9 Å². The SMILES string of the molecule is C#CC1CC(=O)N(c2cc(B(O)O)ccc2Cl)C1. The first kappa shape index (κ1) is 13.0. The summed E-state index contributed by atoms with van der Waals surface area (Å²) in [5.41, 5.74) is 0.747. The summed E-state index contributed by atoms with van der Waals surface area (Å²) >= 11 is 6.03. The molecule has 1 aliphatic heterocycles. The van der Waals surface area contributed by atoms with Crippen LogP contribution >= 0.6 is 11.6 Å². The van der Waals surface area contributed by atoms with Gasteiger partial charge in [0.05, 0.1) is 10.7 Å². The van der Waals surface area contributed by atoms with E-state index < -0.39 is 7.12 Å².